The molecule has 0 aromatic heterocycles. The van der Waals surface area contributed by atoms with Gasteiger partial charge in [0, 0.05) is 11.1 Å². The molecule has 2 aromatic rings. The van der Waals surface area contributed by atoms with Crippen molar-refractivity contribution < 1.29 is 23.7 Å². The van der Waals surface area contributed by atoms with Crippen LogP contribution in [0.2, 0.25) is 0 Å². The Balaban J connectivity index is 2.28. The van der Waals surface area contributed by atoms with Gasteiger partial charge in [-0.2, -0.15) is 5.10 Å². The molecule has 29 heavy (non-hydrogen) atoms. The maximum atomic E-state index is 12.7. The van der Waals surface area contributed by atoms with E-state index in [9.17, 15) is 4.79 Å². The van der Waals surface area contributed by atoms with E-state index in [1.807, 2.05) is 52.0 Å². The normalized spacial score (nSPS) is 11.0. The second kappa shape index (κ2) is 10.9. The number of methoxy groups -OCH3 is 1. The second-order valence-corrected chi connectivity index (χ2v) is 5.97. The molecule has 1 N–H and O–H groups in total. The fourth-order valence-electron chi connectivity index (χ4n) is 2.63. The van der Waals surface area contributed by atoms with Crippen molar-refractivity contribution in [2.24, 2.45) is 5.10 Å². The van der Waals surface area contributed by atoms with Gasteiger partial charge in [0.25, 0.3) is 5.91 Å². The van der Waals surface area contributed by atoms with Crippen LogP contribution in [-0.4, -0.2) is 38.5 Å². The summed E-state index contributed by atoms with van der Waals surface area (Å²) in [6, 6.07) is 10.7. The number of ether oxygens (including phenoxy) is 4. The third-order valence-electron chi connectivity index (χ3n) is 3.98. The Kier molecular flexibility index (Phi) is 8.33. The first-order valence-corrected chi connectivity index (χ1v) is 9.59. The fraction of sp³-hybridized carbons (Fsp3) is 0.364. The Morgan fingerprint density at radius 2 is 1.55 bits per heavy atom. The number of rotatable bonds is 10. The van der Waals surface area contributed by atoms with Gasteiger partial charge in [-0.05, 0) is 52.0 Å². The highest BCUT2D eigenvalue weighted by molar-refractivity contribution is 6.01. The van der Waals surface area contributed by atoms with Crippen LogP contribution < -0.4 is 24.4 Å². The molecule has 2 aromatic carbocycles. The smallest absolute Gasteiger partial charge is 0.271 e. The van der Waals surface area contributed by atoms with Crippen molar-refractivity contribution in [2.75, 3.05) is 26.9 Å². The molecule has 0 atom stereocenters. The van der Waals surface area contributed by atoms with Crippen molar-refractivity contribution in [3.8, 4) is 23.0 Å². The third-order valence-corrected chi connectivity index (χ3v) is 3.98. The van der Waals surface area contributed by atoms with E-state index >= 15 is 0 Å². The molecule has 0 spiro atoms. The number of nitrogens with one attached hydrogen (secondary N) is 1. The number of hydrogen-bond acceptors (Lipinski definition) is 6. The van der Waals surface area contributed by atoms with Crippen LogP contribution in [0.15, 0.2) is 41.5 Å². The lowest BCUT2D eigenvalue weighted by Crippen LogP contribution is -2.20. The van der Waals surface area contributed by atoms with Gasteiger partial charge in [0.2, 0.25) is 5.75 Å². The average Bonchev–Trinajstić information content (AvgIpc) is 2.74. The molecule has 0 aliphatic rings. The van der Waals surface area contributed by atoms with Gasteiger partial charge in [-0.15, -0.1) is 0 Å². The zero-order valence-corrected chi connectivity index (χ0v) is 17.6. The summed E-state index contributed by atoms with van der Waals surface area (Å²) >= 11 is 0. The fourth-order valence-corrected chi connectivity index (χ4v) is 2.63. The van der Waals surface area contributed by atoms with E-state index in [0.717, 1.165) is 11.3 Å². The number of hydrazone groups is 1. The van der Waals surface area contributed by atoms with Gasteiger partial charge in [-0.3, -0.25) is 4.79 Å². The number of amides is 1. The topological polar surface area (TPSA) is 78.4 Å². The molecule has 0 aliphatic carbocycles. The highest BCUT2D eigenvalue weighted by Crippen LogP contribution is 2.39. The number of carbonyl (C=O) groups excluding carboxylic acids is 1. The van der Waals surface area contributed by atoms with Crippen LogP contribution in [0.1, 0.15) is 43.6 Å². The number of carbonyl (C=O) groups is 1. The molecular weight excluding hydrogens is 372 g/mol. The minimum atomic E-state index is -0.378. The third kappa shape index (κ3) is 5.88. The van der Waals surface area contributed by atoms with Crippen molar-refractivity contribution in [1.29, 1.82) is 0 Å². The zero-order chi connectivity index (χ0) is 21.2. The van der Waals surface area contributed by atoms with Crippen LogP contribution in [0.5, 0.6) is 23.0 Å². The Bertz CT molecular complexity index is 837. The van der Waals surface area contributed by atoms with E-state index in [0.29, 0.717) is 48.3 Å². The summed E-state index contributed by atoms with van der Waals surface area (Å²) in [5.74, 6) is 1.75. The molecule has 156 valence electrons. The Morgan fingerprint density at radius 3 is 2.10 bits per heavy atom. The predicted molar refractivity (Wildman–Crippen MR) is 113 cm³/mol. The molecule has 0 aliphatic heterocycles. The summed E-state index contributed by atoms with van der Waals surface area (Å²) in [5.41, 5.74) is 4.44. The summed E-state index contributed by atoms with van der Waals surface area (Å²) in [6.07, 6.45) is 0. The van der Waals surface area contributed by atoms with Gasteiger partial charge >= 0.3 is 0 Å². The highest BCUT2D eigenvalue weighted by Gasteiger charge is 2.18. The maximum absolute atomic E-state index is 12.7. The van der Waals surface area contributed by atoms with E-state index in [2.05, 4.69) is 10.5 Å². The van der Waals surface area contributed by atoms with Crippen molar-refractivity contribution in [3.05, 3.63) is 47.5 Å². The lowest BCUT2D eigenvalue weighted by molar-refractivity contribution is 0.0953. The van der Waals surface area contributed by atoms with Gasteiger partial charge < -0.3 is 18.9 Å². The Hall–Kier alpha value is -3.22. The molecule has 0 radical (unpaired) electrons. The van der Waals surface area contributed by atoms with E-state index in [1.165, 1.54) is 0 Å². The van der Waals surface area contributed by atoms with Gasteiger partial charge in [-0.1, -0.05) is 12.1 Å². The molecule has 7 heteroatoms. The van der Waals surface area contributed by atoms with Crippen LogP contribution in [-0.2, 0) is 0 Å². The Morgan fingerprint density at radius 1 is 0.931 bits per heavy atom. The summed E-state index contributed by atoms with van der Waals surface area (Å²) in [4.78, 5) is 12.7. The average molecular weight is 400 g/mol. The first kappa shape index (κ1) is 22.1. The zero-order valence-electron chi connectivity index (χ0n) is 17.6. The highest BCUT2D eigenvalue weighted by atomic mass is 16.5. The molecule has 1 amide bonds. The van der Waals surface area contributed by atoms with Crippen molar-refractivity contribution in [3.63, 3.8) is 0 Å². The summed E-state index contributed by atoms with van der Waals surface area (Å²) in [7, 11) is 1.60. The Labute approximate surface area is 171 Å². The van der Waals surface area contributed by atoms with Crippen LogP contribution in [0, 0.1) is 0 Å². The molecule has 0 saturated heterocycles. The monoisotopic (exact) mass is 400 g/mol. The van der Waals surface area contributed by atoms with Crippen molar-refractivity contribution in [1.82, 2.24) is 5.43 Å². The first-order valence-electron chi connectivity index (χ1n) is 9.59. The van der Waals surface area contributed by atoms with Gasteiger partial charge in [0.1, 0.15) is 5.75 Å². The minimum absolute atomic E-state index is 0.363. The SMILES string of the molecule is CCOc1cc(C(=O)N/N=C(\C)c2cccc(OC)c2)cc(OCC)c1OCC. The van der Waals surface area contributed by atoms with E-state index in [1.54, 1.807) is 19.2 Å². The molecular formula is C22H28N2O5. The van der Waals surface area contributed by atoms with Crippen molar-refractivity contribution in [2.45, 2.75) is 27.7 Å². The van der Waals surface area contributed by atoms with Crippen LogP contribution in [0.25, 0.3) is 0 Å². The van der Waals surface area contributed by atoms with Crippen LogP contribution in [0.4, 0.5) is 0 Å². The number of benzene rings is 2. The standard InChI is InChI=1S/C22H28N2O5/c1-6-27-19-13-17(14-20(28-7-2)21(19)29-8-3)22(25)24-23-15(4)16-10-9-11-18(12-16)26-5/h9-14H,6-8H2,1-5H3,(H,24,25)/b23-15+. The quantitative estimate of drug-likeness (QED) is 0.481. The van der Waals surface area contributed by atoms with Gasteiger partial charge in [0.15, 0.2) is 11.5 Å². The van der Waals surface area contributed by atoms with Crippen LogP contribution in [0.3, 0.4) is 0 Å². The number of nitrogens with zero attached hydrogens (tertiary/aromatic N) is 1. The molecule has 0 bridgehead atoms. The van der Waals surface area contributed by atoms with Crippen molar-refractivity contribution >= 4 is 11.6 Å². The molecule has 2 rings (SSSR count). The van der Waals surface area contributed by atoms with E-state index in [-0.39, 0.29) is 5.91 Å². The largest absolute Gasteiger partial charge is 0.497 e. The lowest BCUT2D eigenvalue weighted by atomic mass is 10.1. The molecule has 0 heterocycles. The predicted octanol–water partition coefficient (Wildman–Crippen LogP) is 4.05. The minimum Gasteiger partial charge on any atom is -0.497 e. The van der Waals surface area contributed by atoms with Crippen LogP contribution >= 0.6 is 0 Å². The van der Waals surface area contributed by atoms with E-state index in [4.69, 9.17) is 18.9 Å². The van der Waals surface area contributed by atoms with Gasteiger partial charge in [-0.25, -0.2) is 5.43 Å². The van der Waals surface area contributed by atoms with E-state index < -0.39 is 0 Å². The lowest BCUT2D eigenvalue weighted by Gasteiger charge is -2.16. The van der Waals surface area contributed by atoms with Gasteiger partial charge in [0.05, 0.1) is 32.6 Å². The molecule has 0 fully saturated rings. The number of hydrogen-bond donors (Lipinski definition) is 1. The first-order chi connectivity index (χ1) is 14.0. The molecule has 7 nitrogen and oxygen atoms in total. The molecule has 0 unspecified atom stereocenters. The summed E-state index contributed by atoms with van der Waals surface area (Å²) < 4.78 is 22.2. The second-order valence-electron chi connectivity index (χ2n) is 5.97. The molecule has 0 saturated carbocycles. The summed E-state index contributed by atoms with van der Waals surface area (Å²) in [5, 5.41) is 4.20. The summed E-state index contributed by atoms with van der Waals surface area (Å²) in [6.45, 7) is 8.74. The maximum Gasteiger partial charge on any atom is 0.271 e.